The molecule has 1 aliphatic carbocycles. The van der Waals surface area contributed by atoms with Crippen LogP contribution in [0.1, 0.15) is 50.9 Å². The summed E-state index contributed by atoms with van der Waals surface area (Å²) in [7, 11) is -4.11. The topological polar surface area (TPSA) is 131 Å². The summed E-state index contributed by atoms with van der Waals surface area (Å²) in [4.78, 5) is 38.9. The van der Waals surface area contributed by atoms with Gasteiger partial charge in [-0.25, -0.2) is 17.6 Å². The van der Waals surface area contributed by atoms with Gasteiger partial charge in [-0.3, -0.25) is 19.6 Å². The van der Waals surface area contributed by atoms with Crippen molar-refractivity contribution in [1.29, 1.82) is 0 Å². The van der Waals surface area contributed by atoms with E-state index in [1.165, 1.54) is 23.5 Å². The minimum absolute atomic E-state index is 0.00293. The van der Waals surface area contributed by atoms with Crippen molar-refractivity contribution in [3.8, 4) is 0 Å². The number of sulfonamides is 1. The second kappa shape index (κ2) is 11.1. The number of halogens is 1. The fraction of sp³-hybridized carbons (Fsp3) is 0.240. The number of thiophene rings is 1. The number of alkyl carbamates (subject to hydrolysis) is 1. The zero-order valence-electron chi connectivity index (χ0n) is 19.8. The van der Waals surface area contributed by atoms with Gasteiger partial charge in [0, 0.05) is 4.88 Å². The number of imide groups is 1. The van der Waals surface area contributed by atoms with Crippen LogP contribution in [0.15, 0.2) is 53.4 Å². The van der Waals surface area contributed by atoms with Crippen molar-refractivity contribution < 1.29 is 31.9 Å². The first-order valence-corrected chi connectivity index (χ1v) is 13.8. The maximum atomic E-state index is 13.3. The number of hydrogen-bond donors (Lipinski definition) is 3. The van der Waals surface area contributed by atoms with Gasteiger partial charge in [0.05, 0.1) is 28.3 Å². The molecule has 0 atom stereocenters. The number of anilines is 2. The fourth-order valence-corrected chi connectivity index (χ4v) is 6.34. The summed E-state index contributed by atoms with van der Waals surface area (Å²) in [5.74, 6) is -1.92. The quantitative estimate of drug-likeness (QED) is 0.394. The van der Waals surface area contributed by atoms with Gasteiger partial charge in [0.25, 0.3) is 21.8 Å². The number of aryl methyl sites for hydroxylation is 1. The second-order valence-electron chi connectivity index (χ2n) is 8.15. The van der Waals surface area contributed by atoms with Crippen LogP contribution >= 0.6 is 11.3 Å². The zero-order valence-corrected chi connectivity index (χ0v) is 21.4. The van der Waals surface area contributed by atoms with E-state index in [1.54, 1.807) is 19.1 Å². The van der Waals surface area contributed by atoms with Crippen LogP contribution in [0.2, 0.25) is 0 Å². The van der Waals surface area contributed by atoms with Crippen molar-refractivity contribution in [3.63, 3.8) is 0 Å². The van der Waals surface area contributed by atoms with Crippen LogP contribution in [-0.4, -0.2) is 32.9 Å². The van der Waals surface area contributed by atoms with Gasteiger partial charge in [0.15, 0.2) is 0 Å². The second-order valence-corrected chi connectivity index (χ2v) is 10.9. The summed E-state index contributed by atoms with van der Waals surface area (Å²) < 4.78 is 46.1. The smallest absolute Gasteiger partial charge is 0.414 e. The SMILES string of the molecule is CCOC(=O)NC(=O)c1c(NC(=O)c2ccccc2NS(=O)(=O)c2ccc(F)cc2)sc2c1CCCC2. The van der Waals surface area contributed by atoms with E-state index < -0.39 is 33.7 Å². The van der Waals surface area contributed by atoms with Crippen LogP contribution in [0.3, 0.4) is 0 Å². The summed E-state index contributed by atoms with van der Waals surface area (Å²) in [6.45, 7) is 1.71. The number of fused-ring (bicyclic) bond motifs is 1. The Labute approximate surface area is 217 Å². The lowest BCUT2D eigenvalue weighted by atomic mass is 9.95. The summed E-state index contributed by atoms with van der Waals surface area (Å²) in [6.07, 6.45) is 2.28. The number of hydrogen-bond acceptors (Lipinski definition) is 7. The van der Waals surface area contributed by atoms with E-state index in [-0.39, 0.29) is 33.3 Å². The molecule has 0 aliphatic heterocycles. The standard InChI is InChI=1S/C25H24FN3O6S2/c1-2-35-25(32)28-23(31)21-18-8-4-6-10-20(18)36-24(21)27-22(30)17-7-3-5-9-19(17)29-37(33,34)16-13-11-15(26)12-14-16/h3,5,7,9,11-14,29H,2,4,6,8,10H2,1H3,(H,27,30)(H,28,31,32). The Morgan fingerprint density at radius 1 is 1.00 bits per heavy atom. The Morgan fingerprint density at radius 2 is 1.70 bits per heavy atom. The molecule has 0 saturated carbocycles. The molecule has 0 bridgehead atoms. The Morgan fingerprint density at radius 3 is 2.43 bits per heavy atom. The van der Waals surface area contributed by atoms with Crippen LogP contribution in [0, 0.1) is 5.82 Å². The molecule has 0 unspecified atom stereocenters. The third-order valence-electron chi connectivity index (χ3n) is 5.66. The molecule has 3 aromatic rings. The van der Waals surface area contributed by atoms with Crippen LogP contribution in [0.5, 0.6) is 0 Å². The largest absolute Gasteiger partial charge is 0.450 e. The maximum absolute atomic E-state index is 13.3. The highest BCUT2D eigenvalue weighted by atomic mass is 32.2. The molecule has 4 rings (SSSR count). The third-order valence-corrected chi connectivity index (χ3v) is 8.25. The van der Waals surface area contributed by atoms with Crippen LogP contribution in [0.25, 0.3) is 0 Å². The number of ether oxygens (including phenoxy) is 1. The van der Waals surface area contributed by atoms with Crippen molar-refractivity contribution in [2.45, 2.75) is 37.5 Å². The summed E-state index contributed by atoms with van der Waals surface area (Å²) >= 11 is 1.25. The van der Waals surface area contributed by atoms with E-state index in [2.05, 4.69) is 15.4 Å². The Hall–Kier alpha value is -3.77. The number of carbonyl (C=O) groups is 3. The average molecular weight is 546 g/mol. The highest BCUT2D eigenvalue weighted by molar-refractivity contribution is 7.92. The molecule has 12 heteroatoms. The van der Waals surface area contributed by atoms with Gasteiger partial charge in [-0.15, -0.1) is 11.3 Å². The number of benzene rings is 2. The van der Waals surface area contributed by atoms with E-state index in [0.717, 1.165) is 54.0 Å². The molecular formula is C25H24FN3O6S2. The molecular weight excluding hydrogens is 521 g/mol. The Balaban J connectivity index is 1.63. The summed E-state index contributed by atoms with van der Waals surface area (Å²) in [5, 5.41) is 5.17. The van der Waals surface area contributed by atoms with E-state index >= 15 is 0 Å². The van der Waals surface area contributed by atoms with Crippen molar-refractivity contribution in [2.24, 2.45) is 0 Å². The maximum Gasteiger partial charge on any atom is 0.414 e. The van der Waals surface area contributed by atoms with Crippen molar-refractivity contribution in [2.75, 3.05) is 16.6 Å². The summed E-state index contributed by atoms with van der Waals surface area (Å²) in [6, 6.07) is 10.3. The van der Waals surface area contributed by atoms with E-state index in [4.69, 9.17) is 4.74 Å². The van der Waals surface area contributed by atoms with Crippen molar-refractivity contribution in [3.05, 3.63) is 75.9 Å². The molecule has 0 saturated heterocycles. The lowest BCUT2D eigenvalue weighted by Gasteiger charge is -2.14. The molecule has 37 heavy (non-hydrogen) atoms. The molecule has 9 nitrogen and oxygen atoms in total. The van der Waals surface area contributed by atoms with E-state index in [9.17, 15) is 27.2 Å². The molecule has 3 amide bonds. The zero-order chi connectivity index (χ0) is 26.6. The highest BCUT2D eigenvalue weighted by Crippen LogP contribution is 2.38. The first-order valence-electron chi connectivity index (χ1n) is 11.5. The first-order chi connectivity index (χ1) is 17.7. The predicted octanol–water partition coefficient (Wildman–Crippen LogP) is 4.71. The predicted molar refractivity (Wildman–Crippen MR) is 137 cm³/mol. The lowest BCUT2D eigenvalue weighted by molar-refractivity contribution is 0.0925. The number of nitrogens with one attached hydrogen (secondary N) is 3. The molecule has 1 heterocycles. The van der Waals surface area contributed by atoms with Crippen molar-refractivity contribution in [1.82, 2.24) is 5.32 Å². The van der Waals surface area contributed by atoms with Gasteiger partial charge in [-0.05, 0) is 74.6 Å². The van der Waals surface area contributed by atoms with Crippen LogP contribution < -0.4 is 15.4 Å². The average Bonchev–Trinajstić information content (AvgIpc) is 3.22. The summed E-state index contributed by atoms with van der Waals surface area (Å²) in [5.41, 5.74) is 0.989. The molecule has 0 radical (unpaired) electrons. The lowest BCUT2D eigenvalue weighted by Crippen LogP contribution is -2.32. The van der Waals surface area contributed by atoms with Gasteiger partial charge in [0.1, 0.15) is 10.8 Å². The number of carbonyl (C=O) groups excluding carboxylic acids is 3. The van der Waals surface area contributed by atoms with Gasteiger partial charge in [0.2, 0.25) is 0 Å². The third kappa shape index (κ3) is 5.97. The number of amides is 3. The van der Waals surface area contributed by atoms with Gasteiger partial charge in [-0.1, -0.05) is 12.1 Å². The normalized spacial score (nSPS) is 12.8. The number of rotatable bonds is 7. The monoisotopic (exact) mass is 545 g/mol. The molecule has 0 fully saturated rings. The van der Waals surface area contributed by atoms with Crippen LogP contribution in [0.4, 0.5) is 19.9 Å². The molecule has 1 aromatic heterocycles. The molecule has 3 N–H and O–H groups in total. The highest BCUT2D eigenvalue weighted by Gasteiger charge is 2.28. The Bertz CT molecular complexity index is 1450. The van der Waals surface area contributed by atoms with Gasteiger partial charge >= 0.3 is 6.09 Å². The minimum Gasteiger partial charge on any atom is -0.450 e. The molecule has 0 spiro atoms. The number of para-hydroxylation sites is 1. The molecule has 1 aliphatic rings. The van der Waals surface area contributed by atoms with Gasteiger partial charge < -0.3 is 10.1 Å². The molecule has 194 valence electrons. The van der Waals surface area contributed by atoms with Crippen LogP contribution in [-0.2, 0) is 27.6 Å². The Kier molecular flexibility index (Phi) is 7.89. The van der Waals surface area contributed by atoms with Crippen molar-refractivity contribution >= 4 is 50.0 Å². The fourth-order valence-electron chi connectivity index (χ4n) is 3.97. The molecule has 2 aromatic carbocycles. The van der Waals surface area contributed by atoms with E-state index in [1.807, 2.05) is 0 Å². The minimum atomic E-state index is -4.11. The van der Waals surface area contributed by atoms with Gasteiger partial charge in [-0.2, -0.15) is 0 Å². The van der Waals surface area contributed by atoms with E-state index in [0.29, 0.717) is 6.42 Å². The first kappa shape index (κ1) is 26.3.